The highest BCUT2D eigenvalue weighted by molar-refractivity contribution is 6.32. The van der Waals surface area contributed by atoms with Crippen molar-refractivity contribution in [2.75, 3.05) is 6.54 Å². The maximum absolute atomic E-state index is 6.28. The second-order valence-electron chi connectivity index (χ2n) is 4.37. The van der Waals surface area contributed by atoms with Gasteiger partial charge in [0.15, 0.2) is 0 Å². The van der Waals surface area contributed by atoms with E-state index in [1.165, 1.54) is 5.56 Å². The molecule has 3 heteroatoms. The van der Waals surface area contributed by atoms with Gasteiger partial charge in [-0.2, -0.15) is 0 Å². The minimum atomic E-state index is 0.510. The number of nitrogens with zero attached hydrogens (tertiary/aromatic N) is 1. The molecular formula is C13H13ClN2. The molecule has 0 spiro atoms. The van der Waals surface area contributed by atoms with E-state index in [2.05, 4.69) is 11.1 Å². The van der Waals surface area contributed by atoms with Crippen LogP contribution in [0, 0.1) is 5.92 Å². The van der Waals surface area contributed by atoms with Crippen molar-refractivity contribution >= 4 is 22.5 Å². The van der Waals surface area contributed by atoms with Gasteiger partial charge in [0.25, 0.3) is 0 Å². The van der Waals surface area contributed by atoms with E-state index in [9.17, 15) is 0 Å². The van der Waals surface area contributed by atoms with E-state index in [1.54, 1.807) is 0 Å². The Morgan fingerprint density at radius 2 is 2.25 bits per heavy atom. The molecule has 0 unspecified atom stereocenters. The van der Waals surface area contributed by atoms with Gasteiger partial charge in [0.1, 0.15) is 0 Å². The smallest absolute Gasteiger partial charge is 0.0751 e. The molecule has 0 radical (unpaired) electrons. The molecule has 0 bridgehead atoms. The van der Waals surface area contributed by atoms with Gasteiger partial charge < -0.3 is 5.73 Å². The van der Waals surface area contributed by atoms with Crippen LogP contribution in [0.3, 0.4) is 0 Å². The molecule has 2 aromatic rings. The number of pyridine rings is 1. The second-order valence-corrected chi connectivity index (χ2v) is 4.78. The first kappa shape index (κ1) is 10.1. The van der Waals surface area contributed by atoms with Crippen molar-refractivity contribution in [1.82, 2.24) is 4.98 Å². The molecule has 0 saturated heterocycles. The molecule has 2 atom stereocenters. The Morgan fingerprint density at radius 1 is 1.38 bits per heavy atom. The summed E-state index contributed by atoms with van der Waals surface area (Å²) in [5.41, 5.74) is 7.92. The highest BCUT2D eigenvalue weighted by atomic mass is 35.5. The van der Waals surface area contributed by atoms with Crippen molar-refractivity contribution in [1.29, 1.82) is 0 Å². The Morgan fingerprint density at radius 3 is 3.00 bits per heavy atom. The van der Waals surface area contributed by atoms with Crippen LogP contribution in [0.4, 0.5) is 0 Å². The van der Waals surface area contributed by atoms with Gasteiger partial charge in [-0.3, -0.25) is 4.98 Å². The van der Waals surface area contributed by atoms with E-state index >= 15 is 0 Å². The van der Waals surface area contributed by atoms with Crippen LogP contribution in [-0.2, 0) is 0 Å². The van der Waals surface area contributed by atoms with Crippen molar-refractivity contribution in [2.24, 2.45) is 11.7 Å². The third-order valence-electron chi connectivity index (χ3n) is 3.36. The van der Waals surface area contributed by atoms with Gasteiger partial charge in [0.05, 0.1) is 5.52 Å². The predicted molar refractivity (Wildman–Crippen MR) is 66.7 cm³/mol. The van der Waals surface area contributed by atoms with Crippen LogP contribution in [0.15, 0.2) is 30.5 Å². The molecule has 1 fully saturated rings. The van der Waals surface area contributed by atoms with Crippen LogP contribution in [0.25, 0.3) is 10.9 Å². The van der Waals surface area contributed by atoms with Gasteiger partial charge in [-0.15, -0.1) is 0 Å². The lowest BCUT2D eigenvalue weighted by molar-refractivity contribution is 0.811. The largest absolute Gasteiger partial charge is 0.330 e. The van der Waals surface area contributed by atoms with E-state index in [1.807, 2.05) is 24.4 Å². The first-order valence-electron chi connectivity index (χ1n) is 5.54. The average Bonchev–Trinajstić information content (AvgIpc) is 3.08. The molecule has 16 heavy (non-hydrogen) atoms. The SMILES string of the molecule is NC[C@@H]1C[C@H]1c1c(Cl)ccc2cccnc12. The molecule has 3 rings (SSSR count). The zero-order chi connectivity index (χ0) is 11.1. The van der Waals surface area contributed by atoms with Crippen molar-refractivity contribution in [3.63, 3.8) is 0 Å². The van der Waals surface area contributed by atoms with Gasteiger partial charge in [0, 0.05) is 22.2 Å². The van der Waals surface area contributed by atoms with Gasteiger partial charge in [0.2, 0.25) is 0 Å². The van der Waals surface area contributed by atoms with Crippen LogP contribution < -0.4 is 5.73 Å². The first-order chi connectivity index (χ1) is 7.81. The summed E-state index contributed by atoms with van der Waals surface area (Å²) in [5, 5.41) is 1.98. The summed E-state index contributed by atoms with van der Waals surface area (Å²) in [7, 11) is 0. The van der Waals surface area contributed by atoms with Gasteiger partial charge in [-0.1, -0.05) is 23.7 Å². The number of fused-ring (bicyclic) bond motifs is 1. The molecule has 1 aliphatic rings. The fraction of sp³-hybridized carbons (Fsp3) is 0.308. The average molecular weight is 233 g/mol. The third-order valence-corrected chi connectivity index (χ3v) is 3.69. The number of nitrogens with two attached hydrogens (primary N) is 1. The van der Waals surface area contributed by atoms with Gasteiger partial charge in [-0.25, -0.2) is 0 Å². The van der Waals surface area contributed by atoms with E-state index in [0.717, 1.165) is 28.9 Å². The van der Waals surface area contributed by atoms with Crippen LogP contribution in [0.5, 0.6) is 0 Å². The Balaban J connectivity index is 2.18. The summed E-state index contributed by atoms with van der Waals surface area (Å²) in [6.07, 6.45) is 2.97. The van der Waals surface area contributed by atoms with Crippen LogP contribution in [0.2, 0.25) is 5.02 Å². The topological polar surface area (TPSA) is 38.9 Å². The first-order valence-corrected chi connectivity index (χ1v) is 5.92. The van der Waals surface area contributed by atoms with Gasteiger partial charge in [-0.05, 0) is 36.9 Å². The second kappa shape index (κ2) is 3.72. The fourth-order valence-electron chi connectivity index (χ4n) is 2.36. The lowest BCUT2D eigenvalue weighted by Crippen LogP contribution is -2.02. The van der Waals surface area contributed by atoms with Crippen LogP contribution in [0.1, 0.15) is 17.9 Å². The lowest BCUT2D eigenvalue weighted by Gasteiger charge is -2.07. The van der Waals surface area contributed by atoms with Crippen molar-refractivity contribution in [2.45, 2.75) is 12.3 Å². The molecule has 0 amide bonds. The molecule has 1 aromatic carbocycles. The Hall–Kier alpha value is -1.12. The number of halogens is 1. The molecule has 2 nitrogen and oxygen atoms in total. The van der Waals surface area contributed by atoms with E-state index < -0.39 is 0 Å². The number of hydrogen-bond acceptors (Lipinski definition) is 2. The van der Waals surface area contributed by atoms with Crippen molar-refractivity contribution in [3.8, 4) is 0 Å². The molecular weight excluding hydrogens is 220 g/mol. The summed E-state index contributed by atoms with van der Waals surface area (Å²) in [5.74, 6) is 1.10. The molecule has 2 N–H and O–H groups in total. The highest BCUT2D eigenvalue weighted by Gasteiger charge is 2.39. The molecule has 1 aromatic heterocycles. The van der Waals surface area contributed by atoms with Crippen LogP contribution in [-0.4, -0.2) is 11.5 Å². The fourth-order valence-corrected chi connectivity index (χ4v) is 2.65. The zero-order valence-corrected chi connectivity index (χ0v) is 9.61. The molecule has 1 aliphatic carbocycles. The highest BCUT2D eigenvalue weighted by Crippen LogP contribution is 2.50. The number of benzene rings is 1. The molecule has 1 saturated carbocycles. The lowest BCUT2D eigenvalue weighted by atomic mass is 10.0. The summed E-state index contributed by atoms with van der Waals surface area (Å²) in [6, 6.07) is 8.01. The number of hydrogen-bond donors (Lipinski definition) is 1. The zero-order valence-electron chi connectivity index (χ0n) is 8.86. The Kier molecular flexibility index (Phi) is 2.34. The standard InChI is InChI=1S/C13H13ClN2/c14-11-4-3-8-2-1-5-16-13(8)12(11)10-6-9(10)7-15/h1-5,9-10H,6-7,15H2/t9-,10+/m0/s1. The van der Waals surface area contributed by atoms with Crippen LogP contribution >= 0.6 is 11.6 Å². The quantitative estimate of drug-likeness (QED) is 0.865. The molecule has 1 heterocycles. The van der Waals surface area contributed by atoms with Gasteiger partial charge >= 0.3 is 0 Å². The summed E-state index contributed by atoms with van der Waals surface area (Å²) in [4.78, 5) is 4.45. The van der Waals surface area contributed by atoms with E-state index in [-0.39, 0.29) is 0 Å². The molecule has 0 aliphatic heterocycles. The monoisotopic (exact) mass is 232 g/mol. The summed E-state index contributed by atoms with van der Waals surface area (Å²) >= 11 is 6.28. The summed E-state index contributed by atoms with van der Waals surface area (Å²) in [6.45, 7) is 0.740. The van der Waals surface area contributed by atoms with E-state index in [0.29, 0.717) is 11.8 Å². The number of aromatic nitrogens is 1. The Bertz CT molecular complexity index is 538. The third kappa shape index (κ3) is 1.49. The minimum Gasteiger partial charge on any atom is -0.330 e. The predicted octanol–water partition coefficient (Wildman–Crippen LogP) is 2.95. The normalized spacial score (nSPS) is 23.6. The van der Waals surface area contributed by atoms with Crippen molar-refractivity contribution < 1.29 is 0 Å². The summed E-state index contributed by atoms with van der Waals surface area (Å²) < 4.78 is 0. The Labute approximate surface area is 99.4 Å². The molecule has 82 valence electrons. The van der Waals surface area contributed by atoms with E-state index in [4.69, 9.17) is 17.3 Å². The van der Waals surface area contributed by atoms with Crippen molar-refractivity contribution in [3.05, 3.63) is 41.0 Å². The number of rotatable bonds is 2. The maximum Gasteiger partial charge on any atom is 0.0751 e. The minimum absolute atomic E-state index is 0.510. The maximum atomic E-state index is 6.28.